The fourth-order valence-corrected chi connectivity index (χ4v) is 2.68. The fourth-order valence-electron chi connectivity index (χ4n) is 2.68. The normalized spacial score (nSPS) is 21.3. The van der Waals surface area contributed by atoms with E-state index in [1.54, 1.807) is 0 Å². The number of hydrogen-bond donors (Lipinski definition) is 1. The van der Waals surface area contributed by atoms with Crippen LogP contribution in [0.25, 0.3) is 0 Å². The lowest BCUT2D eigenvalue weighted by Crippen LogP contribution is -2.33. The molecule has 0 aromatic carbocycles. The summed E-state index contributed by atoms with van der Waals surface area (Å²) >= 11 is 0. The van der Waals surface area contributed by atoms with E-state index in [0.29, 0.717) is 12.0 Å². The summed E-state index contributed by atoms with van der Waals surface area (Å²) in [5.74, 6) is 0.669. The largest absolute Gasteiger partial charge is 0.305 e. The summed E-state index contributed by atoms with van der Waals surface area (Å²) in [6.07, 6.45) is 2.34. The van der Waals surface area contributed by atoms with Crippen molar-refractivity contribution in [1.29, 1.82) is 0 Å². The van der Waals surface area contributed by atoms with E-state index in [1.165, 1.54) is 30.9 Å². The quantitative estimate of drug-likeness (QED) is 0.864. The van der Waals surface area contributed by atoms with Crippen LogP contribution in [0.15, 0.2) is 6.07 Å². The molecule has 0 bridgehead atoms. The smallest absolute Gasteiger partial charge is 0.0628 e. The van der Waals surface area contributed by atoms with Crippen LogP contribution < -0.4 is 0 Å². The molecular weight excluding hydrogens is 224 g/mol. The van der Waals surface area contributed by atoms with Crippen LogP contribution in [0.2, 0.25) is 0 Å². The first-order chi connectivity index (χ1) is 8.54. The molecule has 0 unspecified atom stereocenters. The fraction of sp³-hybridized carbons (Fsp3) is 0.786. The van der Waals surface area contributed by atoms with Gasteiger partial charge < -0.3 is 4.90 Å². The summed E-state index contributed by atoms with van der Waals surface area (Å²) < 4.78 is 0. The second-order valence-electron chi connectivity index (χ2n) is 6.10. The van der Waals surface area contributed by atoms with Crippen LogP contribution in [0.3, 0.4) is 0 Å². The number of likely N-dealkylation sites (tertiary alicyclic amines) is 1. The zero-order valence-electron chi connectivity index (χ0n) is 12.1. The molecule has 0 amide bonds. The van der Waals surface area contributed by atoms with Crippen molar-refractivity contribution in [3.8, 4) is 0 Å². The lowest BCUT2D eigenvalue weighted by atomic mass is 10.1. The minimum Gasteiger partial charge on any atom is -0.305 e. The highest BCUT2D eigenvalue weighted by molar-refractivity contribution is 5.09. The lowest BCUT2D eigenvalue weighted by Gasteiger charge is -2.23. The minimum atomic E-state index is 0.669. The van der Waals surface area contributed by atoms with Crippen molar-refractivity contribution in [1.82, 2.24) is 20.0 Å². The number of nitrogens with zero attached hydrogens (tertiary/aromatic N) is 3. The topological polar surface area (TPSA) is 35.2 Å². The molecule has 102 valence electrons. The van der Waals surface area contributed by atoms with Crippen molar-refractivity contribution in [2.24, 2.45) is 5.92 Å². The molecule has 18 heavy (non-hydrogen) atoms. The second kappa shape index (κ2) is 5.85. The highest BCUT2D eigenvalue weighted by Crippen LogP contribution is 2.15. The van der Waals surface area contributed by atoms with E-state index in [1.807, 2.05) is 0 Å². The van der Waals surface area contributed by atoms with Crippen LogP contribution in [-0.4, -0.2) is 53.2 Å². The zero-order chi connectivity index (χ0) is 13.1. The Hall–Kier alpha value is -0.870. The van der Waals surface area contributed by atoms with Crippen molar-refractivity contribution in [3.63, 3.8) is 0 Å². The Morgan fingerprint density at radius 2 is 2.33 bits per heavy atom. The predicted octanol–water partition coefficient (Wildman–Crippen LogP) is 1.74. The Morgan fingerprint density at radius 3 is 2.94 bits per heavy atom. The van der Waals surface area contributed by atoms with Gasteiger partial charge in [-0.3, -0.25) is 10.00 Å². The molecule has 1 aromatic rings. The van der Waals surface area contributed by atoms with Gasteiger partial charge in [0.2, 0.25) is 0 Å². The minimum absolute atomic E-state index is 0.669. The third kappa shape index (κ3) is 3.56. The maximum Gasteiger partial charge on any atom is 0.0628 e. The predicted molar refractivity (Wildman–Crippen MR) is 74.5 cm³/mol. The molecule has 1 saturated heterocycles. The van der Waals surface area contributed by atoms with Crippen LogP contribution in [0.5, 0.6) is 0 Å². The third-order valence-electron chi connectivity index (χ3n) is 3.71. The van der Waals surface area contributed by atoms with Gasteiger partial charge in [-0.1, -0.05) is 13.8 Å². The number of likely N-dealkylation sites (N-methyl/N-ethyl adjacent to an activating group) is 2. The summed E-state index contributed by atoms with van der Waals surface area (Å²) in [7, 11) is 4.41. The summed E-state index contributed by atoms with van der Waals surface area (Å²) in [5, 5.41) is 7.56. The van der Waals surface area contributed by atoms with Crippen LogP contribution in [0, 0.1) is 5.92 Å². The van der Waals surface area contributed by atoms with Gasteiger partial charge in [0.1, 0.15) is 0 Å². The van der Waals surface area contributed by atoms with E-state index in [0.717, 1.165) is 13.0 Å². The van der Waals surface area contributed by atoms with E-state index >= 15 is 0 Å². The van der Waals surface area contributed by atoms with Gasteiger partial charge >= 0.3 is 0 Å². The molecule has 4 heteroatoms. The molecule has 1 aliphatic rings. The van der Waals surface area contributed by atoms with Gasteiger partial charge in [0.25, 0.3) is 0 Å². The summed E-state index contributed by atoms with van der Waals surface area (Å²) in [5.41, 5.74) is 2.43. The van der Waals surface area contributed by atoms with Crippen molar-refractivity contribution in [2.45, 2.75) is 39.3 Å². The standard InChI is InChI=1S/C14H26N4/c1-11(2)7-12-8-13(16-15-12)9-18(4)14-5-6-17(3)10-14/h8,11,14H,5-7,9-10H2,1-4H3,(H,15,16)/t14-/m1/s1. The van der Waals surface area contributed by atoms with Gasteiger partial charge in [0.15, 0.2) is 0 Å². The molecule has 1 aliphatic heterocycles. The van der Waals surface area contributed by atoms with Gasteiger partial charge in [-0.05, 0) is 45.5 Å². The summed E-state index contributed by atoms with van der Waals surface area (Å²) in [6.45, 7) is 7.84. The van der Waals surface area contributed by atoms with Gasteiger partial charge in [-0.2, -0.15) is 5.10 Å². The van der Waals surface area contributed by atoms with E-state index in [4.69, 9.17) is 0 Å². The van der Waals surface area contributed by atoms with Gasteiger partial charge in [-0.25, -0.2) is 0 Å². The molecule has 1 N–H and O–H groups in total. The number of hydrogen-bond acceptors (Lipinski definition) is 3. The monoisotopic (exact) mass is 250 g/mol. The molecule has 4 nitrogen and oxygen atoms in total. The van der Waals surface area contributed by atoms with Crippen molar-refractivity contribution < 1.29 is 0 Å². The average molecular weight is 250 g/mol. The maximum atomic E-state index is 4.39. The number of aromatic amines is 1. The first-order valence-corrected chi connectivity index (χ1v) is 6.96. The first kappa shape index (κ1) is 13.6. The van der Waals surface area contributed by atoms with Crippen LogP contribution >= 0.6 is 0 Å². The Bertz CT molecular complexity index is 372. The van der Waals surface area contributed by atoms with E-state index < -0.39 is 0 Å². The van der Waals surface area contributed by atoms with Gasteiger partial charge in [0.05, 0.1) is 5.69 Å². The van der Waals surface area contributed by atoms with Crippen molar-refractivity contribution >= 4 is 0 Å². The Balaban J connectivity index is 1.87. The number of H-pyrrole nitrogens is 1. The molecule has 2 heterocycles. The van der Waals surface area contributed by atoms with Crippen LogP contribution in [-0.2, 0) is 13.0 Å². The second-order valence-corrected chi connectivity index (χ2v) is 6.10. The third-order valence-corrected chi connectivity index (χ3v) is 3.71. The van der Waals surface area contributed by atoms with Crippen molar-refractivity contribution in [3.05, 3.63) is 17.5 Å². The molecule has 1 atom stereocenters. The van der Waals surface area contributed by atoms with Gasteiger partial charge in [0, 0.05) is 24.8 Å². The first-order valence-electron chi connectivity index (χ1n) is 6.96. The van der Waals surface area contributed by atoms with E-state index in [9.17, 15) is 0 Å². The SMILES string of the molecule is CC(C)Cc1cc(CN(C)[C@@H]2CCN(C)C2)[nH]n1. The van der Waals surface area contributed by atoms with Gasteiger partial charge in [-0.15, -0.1) is 0 Å². The Labute approximate surface area is 110 Å². The maximum absolute atomic E-state index is 4.39. The van der Waals surface area contributed by atoms with Crippen LogP contribution in [0.1, 0.15) is 31.7 Å². The molecule has 1 aromatic heterocycles. The highest BCUT2D eigenvalue weighted by Gasteiger charge is 2.23. The molecule has 0 spiro atoms. The van der Waals surface area contributed by atoms with E-state index in [-0.39, 0.29) is 0 Å². The Morgan fingerprint density at radius 1 is 1.56 bits per heavy atom. The molecule has 1 fully saturated rings. The summed E-state index contributed by atoms with van der Waals surface area (Å²) in [6, 6.07) is 2.90. The van der Waals surface area contributed by atoms with E-state index in [2.05, 4.69) is 54.0 Å². The number of nitrogens with one attached hydrogen (secondary N) is 1. The zero-order valence-corrected chi connectivity index (χ0v) is 12.1. The Kier molecular flexibility index (Phi) is 4.40. The highest BCUT2D eigenvalue weighted by atomic mass is 15.2. The summed E-state index contributed by atoms with van der Waals surface area (Å²) in [4.78, 5) is 4.84. The van der Waals surface area contributed by atoms with Crippen LogP contribution in [0.4, 0.5) is 0 Å². The van der Waals surface area contributed by atoms with Crippen molar-refractivity contribution in [2.75, 3.05) is 27.2 Å². The number of rotatable bonds is 5. The average Bonchev–Trinajstić information content (AvgIpc) is 2.87. The molecule has 0 aliphatic carbocycles. The lowest BCUT2D eigenvalue weighted by molar-refractivity contribution is 0.231. The molecular formula is C14H26N4. The molecule has 0 radical (unpaired) electrons. The molecule has 0 saturated carbocycles. The number of aromatic nitrogens is 2. The molecule has 2 rings (SSSR count).